The molecule has 3 unspecified atom stereocenters. The van der Waals surface area contributed by atoms with Crippen molar-refractivity contribution < 1.29 is 4.79 Å². The van der Waals surface area contributed by atoms with Crippen LogP contribution in [0.25, 0.3) is 0 Å². The zero-order chi connectivity index (χ0) is 11.7. The van der Waals surface area contributed by atoms with E-state index in [2.05, 4.69) is 15.5 Å². The molecule has 4 heteroatoms. The normalized spacial score (nSPS) is 38.0. The van der Waals surface area contributed by atoms with E-state index in [1.807, 2.05) is 0 Å². The molecular formula is C13H23N3O. The number of amides is 1. The number of hydrogen-bond donors (Lipinski definition) is 2. The lowest BCUT2D eigenvalue weighted by Crippen LogP contribution is -2.51. The molecule has 3 rings (SSSR count). The number of fused-ring (bicyclic) bond motifs is 1. The van der Waals surface area contributed by atoms with Crippen LogP contribution in [0.2, 0.25) is 0 Å². The van der Waals surface area contributed by atoms with Gasteiger partial charge in [0.25, 0.3) is 0 Å². The van der Waals surface area contributed by atoms with Gasteiger partial charge in [0.05, 0.1) is 6.04 Å². The molecule has 3 aliphatic rings. The fourth-order valence-electron chi connectivity index (χ4n) is 3.57. The Hall–Kier alpha value is -0.610. The second-order valence-electron chi connectivity index (χ2n) is 5.71. The molecule has 0 radical (unpaired) electrons. The first-order valence-electron chi connectivity index (χ1n) is 7.11. The van der Waals surface area contributed by atoms with Gasteiger partial charge in [0, 0.05) is 18.6 Å². The summed E-state index contributed by atoms with van der Waals surface area (Å²) in [7, 11) is 0. The first-order chi connectivity index (χ1) is 8.33. The fraction of sp³-hybridized carbons (Fsp3) is 0.923. The zero-order valence-corrected chi connectivity index (χ0v) is 10.5. The van der Waals surface area contributed by atoms with Crippen LogP contribution in [-0.4, -0.2) is 48.6 Å². The van der Waals surface area contributed by atoms with Gasteiger partial charge in [-0.1, -0.05) is 0 Å². The van der Waals surface area contributed by atoms with Gasteiger partial charge >= 0.3 is 0 Å². The molecular weight excluding hydrogens is 214 g/mol. The van der Waals surface area contributed by atoms with Crippen molar-refractivity contribution in [1.29, 1.82) is 0 Å². The molecule has 3 fully saturated rings. The molecule has 0 spiro atoms. The van der Waals surface area contributed by atoms with Crippen LogP contribution < -0.4 is 10.6 Å². The number of carbonyl (C=O) groups is 1. The highest BCUT2D eigenvalue weighted by molar-refractivity contribution is 5.82. The molecule has 0 aliphatic carbocycles. The van der Waals surface area contributed by atoms with E-state index in [0.29, 0.717) is 6.04 Å². The molecule has 0 aromatic carbocycles. The molecule has 1 amide bonds. The van der Waals surface area contributed by atoms with Crippen LogP contribution in [0.3, 0.4) is 0 Å². The van der Waals surface area contributed by atoms with Crippen molar-refractivity contribution in [3.63, 3.8) is 0 Å². The van der Waals surface area contributed by atoms with Crippen molar-refractivity contribution >= 4 is 5.91 Å². The summed E-state index contributed by atoms with van der Waals surface area (Å²) in [5, 5.41) is 6.52. The highest BCUT2D eigenvalue weighted by Gasteiger charge is 2.33. The van der Waals surface area contributed by atoms with Crippen LogP contribution in [0.1, 0.15) is 38.5 Å². The lowest BCUT2D eigenvalue weighted by molar-refractivity contribution is -0.123. The maximum Gasteiger partial charge on any atom is 0.237 e. The van der Waals surface area contributed by atoms with Gasteiger partial charge in [0.2, 0.25) is 5.91 Å². The zero-order valence-electron chi connectivity index (χ0n) is 10.5. The number of nitrogens with zero attached hydrogens (tertiary/aromatic N) is 1. The fourth-order valence-corrected chi connectivity index (χ4v) is 3.57. The lowest BCUT2D eigenvalue weighted by atomic mass is 9.97. The third kappa shape index (κ3) is 2.47. The van der Waals surface area contributed by atoms with Crippen LogP contribution in [0.4, 0.5) is 0 Å². The number of piperidine rings is 1. The van der Waals surface area contributed by atoms with Gasteiger partial charge < -0.3 is 15.5 Å². The lowest BCUT2D eigenvalue weighted by Gasteiger charge is -2.35. The SMILES string of the molecule is O=C(NC1CCN2CCCC2C1)C1CCCN1. The van der Waals surface area contributed by atoms with E-state index in [-0.39, 0.29) is 11.9 Å². The quantitative estimate of drug-likeness (QED) is 0.734. The van der Waals surface area contributed by atoms with E-state index < -0.39 is 0 Å². The van der Waals surface area contributed by atoms with Gasteiger partial charge in [-0.05, 0) is 51.6 Å². The predicted molar refractivity (Wildman–Crippen MR) is 66.8 cm³/mol. The number of nitrogens with one attached hydrogen (secondary N) is 2. The summed E-state index contributed by atoms with van der Waals surface area (Å²) in [6.45, 7) is 3.45. The third-order valence-electron chi connectivity index (χ3n) is 4.54. The Morgan fingerprint density at radius 1 is 1.18 bits per heavy atom. The van der Waals surface area contributed by atoms with Gasteiger partial charge in [0.15, 0.2) is 0 Å². The standard InChI is InChI=1S/C13H23N3O/c17-13(12-4-1-6-14-12)15-10-5-8-16-7-2-3-11(16)9-10/h10-12,14H,1-9H2,(H,15,17). The van der Waals surface area contributed by atoms with Gasteiger partial charge in [-0.2, -0.15) is 0 Å². The molecule has 3 aliphatic heterocycles. The van der Waals surface area contributed by atoms with E-state index in [0.717, 1.165) is 31.8 Å². The van der Waals surface area contributed by atoms with Gasteiger partial charge in [-0.3, -0.25) is 4.79 Å². The second-order valence-corrected chi connectivity index (χ2v) is 5.71. The summed E-state index contributed by atoms with van der Waals surface area (Å²) in [5.74, 6) is 0.235. The first-order valence-corrected chi connectivity index (χ1v) is 7.11. The molecule has 2 N–H and O–H groups in total. The van der Waals surface area contributed by atoms with E-state index in [9.17, 15) is 4.79 Å². The summed E-state index contributed by atoms with van der Waals surface area (Å²) >= 11 is 0. The van der Waals surface area contributed by atoms with Crippen LogP contribution >= 0.6 is 0 Å². The van der Waals surface area contributed by atoms with E-state index in [1.165, 1.54) is 32.4 Å². The van der Waals surface area contributed by atoms with E-state index in [4.69, 9.17) is 0 Å². The molecule has 0 saturated carbocycles. The highest BCUT2D eigenvalue weighted by Crippen LogP contribution is 2.26. The van der Waals surface area contributed by atoms with Gasteiger partial charge in [-0.25, -0.2) is 0 Å². The van der Waals surface area contributed by atoms with Crippen molar-refractivity contribution in [2.45, 2.75) is 56.7 Å². The molecule has 17 heavy (non-hydrogen) atoms. The van der Waals surface area contributed by atoms with Gasteiger partial charge in [0.1, 0.15) is 0 Å². The molecule has 3 atom stereocenters. The predicted octanol–water partition coefficient (Wildman–Crippen LogP) is 0.481. The van der Waals surface area contributed by atoms with Gasteiger partial charge in [-0.15, -0.1) is 0 Å². The summed E-state index contributed by atoms with van der Waals surface area (Å²) < 4.78 is 0. The van der Waals surface area contributed by atoms with E-state index >= 15 is 0 Å². The minimum Gasteiger partial charge on any atom is -0.352 e. The number of carbonyl (C=O) groups excluding carboxylic acids is 1. The van der Waals surface area contributed by atoms with Crippen molar-refractivity contribution in [3.05, 3.63) is 0 Å². The second kappa shape index (κ2) is 4.94. The molecule has 3 heterocycles. The van der Waals surface area contributed by atoms with Crippen LogP contribution in [0.5, 0.6) is 0 Å². The monoisotopic (exact) mass is 237 g/mol. The summed E-state index contributed by atoms with van der Waals surface area (Å²) in [6, 6.07) is 1.24. The third-order valence-corrected chi connectivity index (χ3v) is 4.54. The molecule has 0 aromatic heterocycles. The van der Waals surface area contributed by atoms with Crippen molar-refractivity contribution in [2.75, 3.05) is 19.6 Å². The minimum atomic E-state index is 0.0802. The Morgan fingerprint density at radius 2 is 2.12 bits per heavy atom. The Labute approximate surface area is 103 Å². The Bertz CT molecular complexity index is 288. The maximum atomic E-state index is 12.0. The molecule has 4 nitrogen and oxygen atoms in total. The Kier molecular flexibility index (Phi) is 3.34. The largest absolute Gasteiger partial charge is 0.352 e. The van der Waals surface area contributed by atoms with Crippen LogP contribution in [-0.2, 0) is 4.79 Å². The van der Waals surface area contributed by atoms with Crippen molar-refractivity contribution in [2.24, 2.45) is 0 Å². The average Bonchev–Trinajstić information content (AvgIpc) is 2.99. The summed E-state index contributed by atoms with van der Waals surface area (Å²) in [4.78, 5) is 14.6. The van der Waals surface area contributed by atoms with E-state index in [1.54, 1.807) is 0 Å². The van der Waals surface area contributed by atoms with Crippen LogP contribution in [0.15, 0.2) is 0 Å². The maximum absolute atomic E-state index is 12.0. The minimum absolute atomic E-state index is 0.0802. The molecule has 0 aromatic rings. The average molecular weight is 237 g/mol. The Balaban J connectivity index is 1.50. The number of rotatable bonds is 2. The highest BCUT2D eigenvalue weighted by atomic mass is 16.2. The first kappa shape index (κ1) is 11.5. The number of hydrogen-bond acceptors (Lipinski definition) is 3. The topological polar surface area (TPSA) is 44.4 Å². The molecule has 96 valence electrons. The van der Waals surface area contributed by atoms with Crippen molar-refractivity contribution in [1.82, 2.24) is 15.5 Å². The molecule has 3 saturated heterocycles. The van der Waals surface area contributed by atoms with Crippen LogP contribution in [0, 0.1) is 0 Å². The summed E-state index contributed by atoms with van der Waals surface area (Å²) in [6.07, 6.45) is 7.12. The molecule has 0 bridgehead atoms. The van der Waals surface area contributed by atoms with Crippen molar-refractivity contribution in [3.8, 4) is 0 Å². The summed E-state index contributed by atoms with van der Waals surface area (Å²) in [5.41, 5.74) is 0. The smallest absolute Gasteiger partial charge is 0.237 e. The Morgan fingerprint density at radius 3 is 2.94 bits per heavy atom.